The summed E-state index contributed by atoms with van der Waals surface area (Å²) in [5.41, 5.74) is 3.11. The predicted octanol–water partition coefficient (Wildman–Crippen LogP) is 6.01. The molecule has 6 aromatic carbocycles. The van der Waals surface area contributed by atoms with Gasteiger partial charge in [0.05, 0.1) is 11.0 Å². The predicted molar refractivity (Wildman–Crippen MR) is 183 cm³/mol. The van der Waals surface area contributed by atoms with Crippen molar-refractivity contribution in [2.24, 2.45) is 0 Å². The van der Waals surface area contributed by atoms with Crippen molar-refractivity contribution in [3.63, 3.8) is 0 Å². The van der Waals surface area contributed by atoms with Gasteiger partial charge in [0.2, 0.25) is 5.95 Å². The van der Waals surface area contributed by atoms with E-state index < -0.39 is 8.07 Å². The molecule has 4 nitrogen and oxygen atoms in total. The minimum atomic E-state index is -2.68. The zero-order valence-electron chi connectivity index (χ0n) is 24.0. The highest BCUT2D eigenvalue weighted by Crippen LogP contribution is 2.31. The molecule has 0 fully saturated rings. The van der Waals surface area contributed by atoms with Gasteiger partial charge in [-0.15, -0.1) is 0 Å². The minimum absolute atomic E-state index is 0.607. The van der Waals surface area contributed by atoms with Crippen LogP contribution in [0.25, 0.3) is 39.1 Å². The van der Waals surface area contributed by atoms with Crippen LogP contribution in [0.1, 0.15) is 0 Å². The number of rotatable bonds is 6. The summed E-state index contributed by atoms with van der Waals surface area (Å²) in [6.45, 7) is 0. The fourth-order valence-electron chi connectivity index (χ4n) is 6.63. The standard InChI is InChI=1S/C39H28N4Si/c1-4-16-30(17-5-1)44(31-18-6-2-7-19-31,32-20-8-3-9-21-32)33-22-14-15-29(27-33)38-40-28-41-39(42-38)43-36-25-12-10-23-34(36)35-24-11-13-26-37(35)43/h1-28H. The number of hydrogen-bond donors (Lipinski definition) is 0. The Hall–Kier alpha value is -5.65. The van der Waals surface area contributed by atoms with E-state index in [1.807, 2.05) is 0 Å². The van der Waals surface area contributed by atoms with Crippen LogP contribution >= 0.6 is 0 Å². The summed E-state index contributed by atoms with van der Waals surface area (Å²) in [4.78, 5) is 14.5. The summed E-state index contributed by atoms with van der Waals surface area (Å²) in [6, 6.07) is 58.5. The molecule has 0 saturated carbocycles. The monoisotopic (exact) mass is 580 g/mol. The van der Waals surface area contributed by atoms with Crippen LogP contribution in [0.3, 0.4) is 0 Å². The van der Waals surface area contributed by atoms with Crippen LogP contribution in [-0.2, 0) is 0 Å². The van der Waals surface area contributed by atoms with Gasteiger partial charge in [0, 0.05) is 16.3 Å². The third-order valence-electron chi connectivity index (χ3n) is 8.51. The molecule has 2 heterocycles. The maximum atomic E-state index is 5.08. The molecule has 0 spiro atoms. The second kappa shape index (κ2) is 10.9. The summed E-state index contributed by atoms with van der Waals surface area (Å²) in [7, 11) is -2.68. The Morgan fingerprint density at radius 3 is 1.45 bits per heavy atom. The zero-order chi connectivity index (χ0) is 29.3. The van der Waals surface area contributed by atoms with E-state index in [1.54, 1.807) is 6.33 Å². The minimum Gasteiger partial charge on any atom is -0.278 e. The first-order valence-corrected chi connectivity index (χ1v) is 16.8. The Bertz CT molecular complexity index is 2080. The Labute approximate surface area is 257 Å². The van der Waals surface area contributed by atoms with Crippen LogP contribution in [0, 0.1) is 0 Å². The third kappa shape index (κ3) is 4.17. The van der Waals surface area contributed by atoms with E-state index in [2.05, 4.69) is 173 Å². The molecule has 0 aliphatic carbocycles. The van der Waals surface area contributed by atoms with Crippen LogP contribution in [-0.4, -0.2) is 27.6 Å². The van der Waals surface area contributed by atoms with Gasteiger partial charge in [0.15, 0.2) is 13.9 Å². The lowest BCUT2D eigenvalue weighted by atomic mass is 10.2. The van der Waals surface area contributed by atoms with E-state index in [0.29, 0.717) is 11.8 Å². The lowest BCUT2D eigenvalue weighted by Gasteiger charge is -2.34. The van der Waals surface area contributed by atoms with Crippen LogP contribution in [0.2, 0.25) is 0 Å². The van der Waals surface area contributed by atoms with Crippen molar-refractivity contribution in [3.05, 3.63) is 170 Å². The fraction of sp³-hybridized carbons (Fsp3) is 0. The van der Waals surface area contributed by atoms with Crippen LogP contribution < -0.4 is 20.7 Å². The number of hydrogen-bond acceptors (Lipinski definition) is 3. The number of fused-ring (bicyclic) bond motifs is 3. The number of aromatic nitrogens is 4. The summed E-state index contributed by atoms with van der Waals surface area (Å²) in [6.07, 6.45) is 1.63. The lowest BCUT2D eigenvalue weighted by molar-refractivity contribution is 0.947. The average Bonchev–Trinajstić information content (AvgIpc) is 3.45. The van der Waals surface area contributed by atoms with Gasteiger partial charge >= 0.3 is 0 Å². The van der Waals surface area contributed by atoms with Crippen molar-refractivity contribution in [2.45, 2.75) is 0 Å². The maximum Gasteiger partial charge on any atom is 0.238 e. The molecular weight excluding hydrogens is 553 g/mol. The summed E-state index contributed by atoms with van der Waals surface area (Å²) >= 11 is 0. The lowest BCUT2D eigenvalue weighted by Crippen LogP contribution is -2.74. The van der Waals surface area contributed by atoms with Crippen LogP contribution in [0.5, 0.6) is 0 Å². The first-order valence-electron chi connectivity index (χ1n) is 14.8. The molecule has 8 aromatic rings. The molecule has 44 heavy (non-hydrogen) atoms. The topological polar surface area (TPSA) is 43.6 Å². The molecule has 0 aliphatic rings. The van der Waals surface area contributed by atoms with E-state index in [0.717, 1.165) is 16.6 Å². The van der Waals surface area contributed by atoms with Gasteiger partial charge in [-0.05, 0) is 32.9 Å². The van der Waals surface area contributed by atoms with Crippen molar-refractivity contribution in [1.82, 2.24) is 19.5 Å². The largest absolute Gasteiger partial charge is 0.278 e. The van der Waals surface area contributed by atoms with Crippen LogP contribution in [0.4, 0.5) is 0 Å². The van der Waals surface area contributed by atoms with Crippen LogP contribution in [0.15, 0.2) is 170 Å². The molecule has 5 heteroatoms. The number of para-hydroxylation sites is 2. The Balaban J connectivity index is 1.35. The van der Waals surface area contributed by atoms with E-state index in [-0.39, 0.29) is 0 Å². The van der Waals surface area contributed by atoms with Gasteiger partial charge in [0.1, 0.15) is 6.33 Å². The third-order valence-corrected chi connectivity index (χ3v) is 13.3. The van der Waals surface area contributed by atoms with Crippen molar-refractivity contribution in [3.8, 4) is 17.3 Å². The second-order valence-electron chi connectivity index (χ2n) is 10.9. The van der Waals surface area contributed by atoms with Gasteiger partial charge in [0.25, 0.3) is 0 Å². The van der Waals surface area contributed by atoms with Crippen molar-refractivity contribution < 1.29 is 0 Å². The normalized spacial score (nSPS) is 11.6. The summed E-state index contributed by atoms with van der Waals surface area (Å²) in [5, 5.41) is 7.62. The molecule has 208 valence electrons. The Morgan fingerprint density at radius 2 is 0.909 bits per heavy atom. The van der Waals surface area contributed by atoms with Gasteiger partial charge in [-0.2, -0.15) is 4.98 Å². The van der Waals surface area contributed by atoms with Gasteiger partial charge in [-0.25, -0.2) is 9.97 Å². The van der Waals surface area contributed by atoms with Crippen molar-refractivity contribution >= 4 is 50.6 Å². The Kier molecular flexibility index (Phi) is 6.43. The van der Waals surface area contributed by atoms with Gasteiger partial charge in [-0.1, -0.05) is 152 Å². The number of benzene rings is 6. The summed E-state index contributed by atoms with van der Waals surface area (Å²) < 4.78 is 2.14. The van der Waals surface area contributed by atoms with E-state index >= 15 is 0 Å². The highest BCUT2D eigenvalue weighted by Gasteiger charge is 2.41. The average molecular weight is 581 g/mol. The van der Waals surface area contributed by atoms with Crippen molar-refractivity contribution in [1.29, 1.82) is 0 Å². The number of nitrogens with zero attached hydrogens (tertiary/aromatic N) is 4. The molecule has 0 bridgehead atoms. The van der Waals surface area contributed by atoms with E-state index in [9.17, 15) is 0 Å². The highest BCUT2D eigenvalue weighted by molar-refractivity contribution is 7.19. The van der Waals surface area contributed by atoms with Gasteiger partial charge < -0.3 is 0 Å². The maximum absolute atomic E-state index is 5.08. The first-order chi connectivity index (χ1) is 21.8. The zero-order valence-corrected chi connectivity index (χ0v) is 25.0. The first kappa shape index (κ1) is 26.0. The highest BCUT2D eigenvalue weighted by atomic mass is 28.3. The molecule has 8 rings (SSSR count). The molecule has 0 amide bonds. The second-order valence-corrected chi connectivity index (χ2v) is 14.7. The molecule has 0 unspecified atom stereocenters. The smallest absolute Gasteiger partial charge is 0.238 e. The van der Waals surface area contributed by atoms with E-state index in [4.69, 9.17) is 9.97 Å². The molecule has 2 aromatic heterocycles. The molecule has 0 aliphatic heterocycles. The molecule has 0 N–H and O–H groups in total. The van der Waals surface area contributed by atoms with E-state index in [1.165, 1.54) is 31.5 Å². The quantitative estimate of drug-likeness (QED) is 0.179. The molecular formula is C39H28N4Si. The molecule has 0 saturated heterocycles. The fourth-order valence-corrected chi connectivity index (χ4v) is 11.4. The summed E-state index contributed by atoms with van der Waals surface area (Å²) in [5.74, 6) is 1.26. The van der Waals surface area contributed by atoms with Gasteiger partial charge in [-0.3, -0.25) is 4.57 Å². The molecule has 0 atom stereocenters. The molecule has 0 radical (unpaired) electrons. The Morgan fingerprint density at radius 1 is 0.432 bits per heavy atom. The SMILES string of the molecule is c1ccc([Si](c2ccccc2)(c2ccccc2)c2cccc(-c3ncnc(-n4c5ccccc5c5ccccc54)n3)c2)cc1. The van der Waals surface area contributed by atoms with Crippen molar-refractivity contribution in [2.75, 3.05) is 0 Å².